The minimum absolute atomic E-state index is 0.185. The molecular weight excluding hydrogens is 192 g/mol. The van der Waals surface area contributed by atoms with Gasteiger partial charge in [-0.3, -0.25) is 4.68 Å². The predicted molar refractivity (Wildman–Crippen MR) is 56.0 cm³/mol. The van der Waals surface area contributed by atoms with Crippen LogP contribution in [-0.2, 0) is 7.05 Å². The van der Waals surface area contributed by atoms with E-state index in [1.54, 1.807) is 17.1 Å². The smallest absolute Gasteiger partial charge is 0.211 e. The molecule has 2 rings (SSSR count). The summed E-state index contributed by atoms with van der Waals surface area (Å²) in [7, 11) is 1.89. The van der Waals surface area contributed by atoms with Crippen LogP contribution in [0.3, 0.4) is 0 Å². The first-order chi connectivity index (χ1) is 7.09. The summed E-state index contributed by atoms with van der Waals surface area (Å²) >= 11 is 0. The Morgan fingerprint density at radius 2 is 2.20 bits per heavy atom. The molecule has 0 radical (unpaired) electrons. The highest BCUT2D eigenvalue weighted by atomic mass is 16.4. The Balaban J connectivity index is 2.41. The third kappa shape index (κ3) is 1.66. The maximum absolute atomic E-state index is 5.67. The Bertz CT molecular complexity index is 469. The minimum Gasteiger partial charge on any atom is -0.439 e. The van der Waals surface area contributed by atoms with Crippen LogP contribution in [0.4, 0.5) is 0 Å². The van der Waals surface area contributed by atoms with Gasteiger partial charge in [-0.05, 0) is 13.8 Å². The van der Waals surface area contributed by atoms with Crippen LogP contribution in [0.15, 0.2) is 16.8 Å². The molecule has 2 aromatic heterocycles. The maximum atomic E-state index is 5.67. The van der Waals surface area contributed by atoms with Gasteiger partial charge in [-0.2, -0.15) is 5.10 Å². The summed E-state index contributed by atoms with van der Waals surface area (Å²) in [4.78, 5) is 4.11. The van der Waals surface area contributed by atoms with Crippen molar-refractivity contribution in [3.05, 3.63) is 24.0 Å². The second-order valence-electron chi connectivity index (χ2n) is 3.62. The zero-order valence-corrected chi connectivity index (χ0v) is 9.06. The molecule has 0 aliphatic carbocycles. The Morgan fingerprint density at radius 3 is 2.67 bits per heavy atom. The van der Waals surface area contributed by atoms with Crippen molar-refractivity contribution in [1.82, 2.24) is 14.8 Å². The van der Waals surface area contributed by atoms with Crippen LogP contribution >= 0.6 is 0 Å². The van der Waals surface area contributed by atoms with E-state index in [0.29, 0.717) is 11.7 Å². The van der Waals surface area contributed by atoms with Gasteiger partial charge in [0.2, 0.25) is 5.89 Å². The second kappa shape index (κ2) is 3.51. The van der Waals surface area contributed by atoms with E-state index in [1.165, 1.54) is 0 Å². The fourth-order valence-electron chi connectivity index (χ4n) is 1.36. The van der Waals surface area contributed by atoms with Gasteiger partial charge in [-0.25, -0.2) is 4.98 Å². The summed E-state index contributed by atoms with van der Waals surface area (Å²) in [5, 5.41) is 4.14. The van der Waals surface area contributed by atoms with Crippen molar-refractivity contribution >= 4 is 0 Å². The van der Waals surface area contributed by atoms with Gasteiger partial charge in [0.25, 0.3) is 0 Å². The second-order valence-corrected chi connectivity index (χ2v) is 3.62. The van der Waals surface area contributed by atoms with Gasteiger partial charge in [0.15, 0.2) is 5.76 Å². The molecule has 0 amide bonds. The average Bonchev–Trinajstić information content (AvgIpc) is 2.76. The summed E-state index contributed by atoms with van der Waals surface area (Å²) in [6.07, 6.45) is 3.45. The molecule has 15 heavy (non-hydrogen) atoms. The van der Waals surface area contributed by atoms with E-state index in [2.05, 4.69) is 10.1 Å². The van der Waals surface area contributed by atoms with E-state index in [0.717, 1.165) is 11.3 Å². The molecule has 5 nitrogen and oxygen atoms in total. The van der Waals surface area contributed by atoms with Crippen molar-refractivity contribution in [2.75, 3.05) is 0 Å². The van der Waals surface area contributed by atoms with E-state index in [4.69, 9.17) is 10.2 Å². The molecule has 1 unspecified atom stereocenters. The zero-order chi connectivity index (χ0) is 11.0. The zero-order valence-electron chi connectivity index (χ0n) is 9.06. The number of hydrogen-bond donors (Lipinski definition) is 1. The van der Waals surface area contributed by atoms with Crippen LogP contribution in [0.5, 0.6) is 0 Å². The van der Waals surface area contributed by atoms with Crippen molar-refractivity contribution in [3.8, 4) is 11.3 Å². The van der Waals surface area contributed by atoms with Crippen molar-refractivity contribution in [3.63, 3.8) is 0 Å². The normalized spacial score (nSPS) is 13.1. The lowest BCUT2D eigenvalue weighted by Crippen LogP contribution is -2.04. The van der Waals surface area contributed by atoms with Crippen LogP contribution in [0.1, 0.15) is 24.6 Å². The molecule has 0 saturated heterocycles. The summed E-state index contributed by atoms with van der Waals surface area (Å²) in [5.41, 5.74) is 7.67. The molecule has 5 heteroatoms. The monoisotopic (exact) mass is 206 g/mol. The van der Waals surface area contributed by atoms with Crippen LogP contribution in [0, 0.1) is 6.92 Å². The lowest BCUT2D eigenvalue weighted by atomic mass is 10.2. The molecule has 0 aliphatic heterocycles. The van der Waals surface area contributed by atoms with Gasteiger partial charge in [-0.15, -0.1) is 0 Å². The van der Waals surface area contributed by atoms with Crippen LogP contribution in [-0.4, -0.2) is 14.8 Å². The van der Waals surface area contributed by atoms with E-state index < -0.39 is 0 Å². The summed E-state index contributed by atoms with van der Waals surface area (Å²) in [6, 6.07) is -0.185. The Kier molecular flexibility index (Phi) is 2.32. The molecule has 0 bridgehead atoms. The number of nitrogens with zero attached hydrogens (tertiary/aromatic N) is 3. The van der Waals surface area contributed by atoms with Crippen LogP contribution in [0.25, 0.3) is 11.3 Å². The highest BCUT2D eigenvalue weighted by molar-refractivity contribution is 5.58. The lowest BCUT2D eigenvalue weighted by molar-refractivity contribution is 0.473. The summed E-state index contributed by atoms with van der Waals surface area (Å²) in [6.45, 7) is 3.82. The Hall–Kier alpha value is -1.62. The highest BCUT2D eigenvalue weighted by Crippen LogP contribution is 2.24. The third-order valence-electron chi connectivity index (χ3n) is 2.41. The van der Waals surface area contributed by atoms with Gasteiger partial charge in [-0.1, -0.05) is 0 Å². The fourth-order valence-corrected chi connectivity index (χ4v) is 1.36. The Morgan fingerprint density at radius 1 is 1.47 bits per heavy atom. The SMILES string of the molecule is Cc1c(-c2cnc(C(C)N)o2)cnn1C. The fraction of sp³-hybridized carbons (Fsp3) is 0.400. The van der Waals surface area contributed by atoms with E-state index >= 15 is 0 Å². The van der Waals surface area contributed by atoms with Crippen molar-refractivity contribution in [2.24, 2.45) is 12.8 Å². The average molecular weight is 206 g/mol. The van der Waals surface area contributed by atoms with E-state index in [1.807, 2.05) is 20.9 Å². The van der Waals surface area contributed by atoms with Crippen LogP contribution in [0.2, 0.25) is 0 Å². The molecule has 0 aliphatic rings. The van der Waals surface area contributed by atoms with Crippen molar-refractivity contribution in [1.29, 1.82) is 0 Å². The molecule has 2 heterocycles. The number of oxazole rings is 1. The molecule has 1 atom stereocenters. The number of rotatable bonds is 2. The van der Waals surface area contributed by atoms with Crippen LogP contribution < -0.4 is 5.73 Å². The molecule has 0 aromatic carbocycles. The molecule has 80 valence electrons. The topological polar surface area (TPSA) is 69.9 Å². The predicted octanol–water partition coefficient (Wildman–Crippen LogP) is 1.40. The molecular formula is C10H14N4O. The first-order valence-corrected chi connectivity index (χ1v) is 4.80. The van der Waals surface area contributed by atoms with Crippen molar-refractivity contribution in [2.45, 2.75) is 19.9 Å². The molecule has 0 fully saturated rings. The number of nitrogens with two attached hydrogens (primary N) is 1. The molecule has 0 spiro atoms. The highest BCUT2D eigenvalue weighted by Gasteiger charge is 2.13. The molecule has 2 N–H and O–H groups in total. The van der Waals surface area contributed by atoms with Gasteiger partial charge in [0, 0.05) is 12.7 Å². The van der Waals surface area contributed by atoms with E-state index in [9.17, 15) is 0 Å². The lowest BCUT2D eigenvalue weighted by Gasteiger charge is -1.98. The first-order valence-electron chi connectivity index (χ1n) is 4.80. The molecule has 0 saturated carbocycles. The quantitative estimate of drug-likeness (QED) is 0.806. The number of aromatic nitrogens is 3. The third-order valence-corrected chi connectivity index (χ3v) is 2.41. The van der Waals surface area contributed by atoms with Crippen molar-refractivity contribution < 1.29 is 4.42 Å². The minimum atomic E-state index is -0.185. The number of aryl methyl sites for hydroxylation is 1. The largest absolute Gasteiger partial charge is 0.439 e. The molecule has 2 aromatic rings. The summed E-state index contributed by atoms with van der Waals surface area (Å²) < 4.78 is 7.33. The van der Waals surface area contributed by atoms with Gasteiger partial charge in [0.1, 0.15) is 0 Å². The van der Waals surface area contributed by atoms with E-state index in [-0.39, 0.29) is 6.04 Å². The summed E-state index contributed by atoms with van der Waals surface area (Å²) in [5.74, 6) is 1.26. The Labute approximate surface area is 87.9 Å². The number of hydrogen-bond acceptors (Lipinski definition) is 4. The van der Waals surface area contributed by atoms with Gasteiger partial charge < -0.3 is 10.2 Å². The first kappa shape index (κ1) is 9.92. The van der Waals surface area contributed by atoms with Gasteiger partial charge in [0.05, 0.1) is 24.0 Å². The maximum Gasteiger partial charge on any atom is 0.211 e. The standard InChI is InChI=1S/C10H14N4O/c1-6(11)10-12-5-9(15-10)8-4-13-14(3)7(8)2/h4-6H,11H2,1-3H3. The van der Waals surface area contributed by atoms with Gasteiger partial charge >= 0.3 is 0 Å².